The molecule has 7 heteroatoms. The maximum absolute atomic E-state index is 11.5. The molecule has 3 N–H and O–H groups in total. The third-order valence-corrected chi connectivity index (χ3v) is 2.28. The number of carboxylic acids is 1. The zero-order chi connectivity index (χ0) is 14.3. The van der Waals surface area contributed by atoms with Crippen molar-refractivity contribution < 1.29 is 24.2 Å². The number of amides is 2. The third kappa shape index (κ3) is 4.66. The lowest BCUT2D eigenvalue weighted by Crippen LogP contribution is -2.42. The monoisotopic (exact) mass is 266 g/mol. The first kappa shape index (κ1) is 14.5. The van der Waals surface area contributed by atoms with Crippen LogP contribution in [0.3, 0.4) is 0 Å². The Morgan fingerprint density at radius 1 is 1.26 bits per heavy atom. The molecule has 0 unspecified atom stereocenters. The Morgan fingerprint density at radius 3 is 2.42 bits per heavy atom. The molecule has 1 rings (SSSR count). The van der Waals surface area contributed by atoms with Gasteiger partial charge in [0.05, 0.1) is 7.11 Å². The summed E-state index contributed by atoms with van der Waals surface area (Å²) < 4.78 is 4.34. The quantitative estimate of drug-likeness (QED) is 0.664. The first-order chi connectivity index (χ1) is 9.04. The number of esters is 1. The van der Waals surface area contributed by atoms with Crippen molar-refractivity contribution >= 4 is 18.0 Å². The summed E-state index contributed by atoms with van der Waals surface area (Å²) in [6.45, 7) is -0.330. The van der Waals surface area contributed by atoms with E-state index in [4.69, 9.17) is 5.11 Å². The molecule has 102 valence electrons. The summed E-state index contributed by atoms with van der Waals surface area (Å²) in [4.78, 5) is 33.4. The molecule has 0 saturated carbocycles. The summed E-state index contributed by atoms with van der Waals surface area (Å²) >= 11 is 0. The minimum atomic E-state index is -1.19. The predicted molar refractivity (Wildman–Crippen MR) is 65.4 cm³/mol. The van der Waals surface area contributed by atoms with Crippen molar-refractivity contribution in [3.8, 4) is 0 Å². The fourth-order valence-electron chi connectivity index (χ4n) is 1.34. The first-order valence-corrected chi connectivity index (χ1v) is 5.43. The summed E-state index contributed by atoms with van der Waals surface area (Å²) in [7, 11) is 1.19. The van der Waals surface area contributed by atoms with Gasteiger partial charge < -0.3 is 20.5 Å². The summed E-state index contributed by atoms with van der Waals surface area (Å²) in [5, 5.41) is 13.5. The number of aliphatic carboxylic acids is 1. The second-order valence-electron chi connectivity index (χ2n) is 3.59. The number of carbonyl (C=O) groups is 3. The Balaban J connectivity index is 2.62. The Kier molecular flexibility index (Phi) is 5.34. The van der Waals surface area contributed by atoms with E-state index in [1.807, 2.05) is 0 Å². The number of urea groups is 1. The van der Waals surface area contributed by atoms with E-state index in [1.165, 1.54) is 7.11 Å². The van der Waals surface area contributed by atoms with Gasteiger partial charge in [-0.15, -0.1) is 0 Å². The number of hydrogen-bond acceptors (Lipinski definition) is 4. The molecule has 19 heavy (non-hydrogen) atoms. The minimum Gasteiger partial charge on any atom is -0.479 e. The molecule has 0 spiro atoms. The number of rotatable bonds is 5. The van der Waals surface area contributed by atoms with E-state index in [0.29, 0.717) is 5.56 Å². The molecule has 0 bridgehead atoms. The van der Waals surface area contributed by atoms with Crippen molar-refractivity contribution in [1.82, 2.24) is 10.6 Å². The molecule has 1 atom stereocenters. The van der Waals surface area contributed by atoms with Crippen LogP contribution in [0.5, 0.6) is 0 Å². The molecule has 0 radical (unpaired) electrons. The normalized spacial score (nSPS) is 11.2. The molecule has 1 aromatic carbocycles. The highest BCUT2D eigenvalue weighted by Crippen LogP contribution is 2.12. The van der Waals surface area contributed by atoms with Crippen LogP contribution in [0.2, 0.25) is 0 Å². The topological polar surface area (TPSA) is 105 Å². The standard InChI is InChI=1S/C12H14N2O5/c1-19-9(15)7-13-12(18)14-10(11(16)17)8-5-3-2-4-6-8/h2-6,10H,7H2,1H3,(H,16,17)(H2,13,14,18)/t10-/m0/s1. The van der Waals surface area contributed by atoms with Crippen LogP contribution < -0.4 is 10.6 Å². The summed E-state index contributed by atoms with van der Waals surface area (Å²) in [6.07, 6.45) is 0. The zero-order valence-corrected chi connectivity index (χ0v) is 10.3. The highest BCUT2D eigenvalue weighted by atomic mass is 16.5. The number of ether oxygens (including phenoxy) is 1. The lowest BCUT2D eigenvalue weighted by atomic mass is 10.1. The molecule has 1 aromatic rings. The maximum Gasteiger partial charge on any atom is 0.330 e. The largest absolute Gasteiger partial charge is 0.479 e. The Hall–Kier alpha value is -2.57. The van der Waals surface area contributed by atoms with E-state index in [2.05, 4.69) is 15.4 Å². The van der Waals surface area contributed by atoms with Crippen molar-refractivity contribution in [2.24, 2.45) is 0 Å². The summed E-state index contributed by atoms with van der Waals surface area (Å²) in [5.74, 6) is -1.82. The number of nitrogens with one attached hydrogen (secondary N) is 2. The highest BCUT2D eigenvalue weighted by Gasteiger charge is 2.21. The first-order valence-electron chi connectivity index (χ1n) is 5.43. The molecule has 0 aromatic heterocycles. The van der Waals surface area contributed by atoms with Gasteiger partial charge in [0, 0.05) is 0 Å². The number of carbonyl (C=O) groups excluding carboxylic acids is 2. The van der Waals surface area contributed by atoms with Crippen molar-refractivity contribution in [3.63, 3.8) is 0 Å². The fourth-order valence-corrected chi connectivity index (χ4v) is 1.34. The Morgan fingerprint density at radius 2 is 1.89 bits per heavy atom. The van der Waals surface area contributed by atoms with Gasteiger partial charge in [-0.05, 0) is 5.56 Å². The molecular formula is C12H14N2O5. The van der Waals surface area contributed by atoms with Crippen LogP contribution >= 0.6 is 0 Å². The number of benzene rings is 1. The smallest absolute Gasteiger partial charge is 0.330 e. The Bertz CT molecular complexity index is 460. The van der Waals surface area contributed by atoms with E-state index >= 15 is 0 Å². The molecule has 0 aliphatic rings. The molecule has 7 nitrogen and oxygen atoms in total. The number of carboxylic acid groups (broad SMARTS) is 1. The SMILES string of the molecule is COC(=O)CNC(=O)N[C@H](C(=O)O)c1ccccc1. The Labute approximate surface area is 109 Å². The second kappa shape index (κ2) is 7.00. The summed E-state index contributed by atoms with van der Waals surface area (Å²) in [5.41, 5.74) is 0.434. The average molecular weight is 266 g/mol. The van der Waals surface area contributed by atoms with Crippen LogP contribution in [0.4, 0.5) is 4.79 Å². The molecular weight excluding hydrogens is 252 g/mol. The van der Waals surface area contributed by atoms with Crippen molar-refractivity contribution in [2.75, 3.05) is 13.7 Å². The van der Waals surface area contributed by atoms with E-state index in [-0.39, 0.29) is 6.54 Å². The van der Waals surface area contributed by atoms with Gasteiger partial charge in [0.25, 0.3) is 0 Å². The van der Waals surface area contributed by atoms with Gasteiger partial charge in [0.15, 0.2) is 6.04 Å². The maximum atomic E-state index is 11.5. The molecule has 0 fully saturated rings. The molecule has 0 aliphatic heterocycles. The fraction of sp³-hybridized carbons (Fsp3) is 0.250. The van der Waals surface area contributed by atoms with Gasteiger partial charge in [-0.2, -0.15) is 0 Å². The highest BCUT2D eigenvalue weighted by molar-refractivity contribution is 5.85. The molecule has 0 aliphatic carbocycles. The van der Waals surface area contributed by atoms with Gasteiger partial charge >= 0.3 is 18.0 Å². The minimum absolute atomic E-state index is 0.330. The average Bonchev–Trinajstić information content (AvgIpc) is 2.42. The van der Waals surface area contributed by atoms with E-state index in [1.54, 1.807) is 30.3 Å². The predicted octanol–water partition coefficient (Wildman–Crippen LogP) is 0.285. The van der Waals surface area contributed by atoms with Gasteiger partial charge in [-0.25, -0.2) is 9.59 Å². The van der Waals surface area contributed by atoms with Gasteiger partial charge in [0.1, 0.15) is 6.54 Å². The van der Waals surface area contributed by atoms with E-state index in [9.17, 15) is 14.4 Å². The van der Waals surface area contributed by atoms with Crippen molar-refractivity contribution in [3.05, 3.63) is 35.9 Å². The van der Waals surface area contributed by atoms with Crippen LogP contribution in [0, 0.1) is 0 Å². The van der Waals surface area contributed by atoms with Gasteiger partial charge in [-0.1, -0.05) is 30.3 Å². The van der Waals surface area contributed by atoms with Crippen LogP contribution in [0.25, 0.3) is 0 Å². The lowest BCUT2D eigenvalue weighted by molar-refractivity contribution is -0.139. The zero-order valence-electron chi connectivity index (χ0n) is 10.3. The molecule has 2 amide bonds. The lowest BCUT2D eigenvalue weighted by Gasteiger charge is -2.15. The number of methoxy groups -OCH3 is 1. The molecule has 0 heterocycles. The van der Waals surface area contributed by atoms with Crippen LogP contribution in [-0.2, 0) is 14.3 Å². The molecule has 0 saturated heterocycles. The van der Waals surface area contributed by atoms with Gasteiger partial charge in [0.2, 0.25) is 0 Å². The van der Waals surface area contributed by atoms with E-state index in [0.717, 1.165) is 0 Å². The summed E-state index contributed by atoms with van der Waals surface area (Å²) in [6, 6.07) is 6.29. The third-order valence-electron chi connectivity index (χ3n) is 2.28. The van der Waals surface area contributed by atoms with Crippen LogP contribution in [0.1, 0.15) is 11.6 Å². The second-order valence-corrected chi connectivity index (χ2v) is 3.59. The van der Waals surface area contributed by atoms with Crippen molar-refractivity contribution in [2.45, 2.75) is 6.04 Å². The van der Waals surface area contributed by atoms with E-state index < -0.39 is 24.0 Å². The van der Waals surface area contributed by atoms with Gasteiger partial charge in [-0.3, -0.25) is 4.79 Å². The van der Waals surface area contributed by atoms with Crippen molar-refractivity contribution in [1.29, 1.82) is 0 Å². The van der Waals surface area contributed by atoms with Crippen LogP contribution in [-0.4, -0.2) is 36.7 Å². The number of hydrogen-bond donors (Lipinski definition) is 3. The van der Waals surface area contributed by atoms with Crippen LogP contribution in [0.15, 0.2) is 30.3 Å².